The maximum atomic E-state index is 5.41. The molecule has 3 aromatic carbocycles. The van der Waals surface area contributed by atoms with Gasteiger partial charge < -0.3 is 0 Å². The molecule has 28 heavy (non-hydrogen) atoms. The van der Waals surface area contributed by atoms with Gasteiger partial charge in [-0.25, -0.2) is 0 Å². The summed E-state index contributed by atoms with van der Waals surface area (Å²) >= 11 is -2.12. The quantitative estimate of drug-likeness (QED) is 0.523. The van der Waals surface area contributed by atoms with E-state index in [0.29, 0.717) is 0 Å². The molecule has 1 aliphatic heterocycles. The normalized spacial score (nSPS) is 15.3. The molecular weight excluding hydrogens is 452 g/mol. The molecule has 3 heteroatoms. The number of hydrogen-bond acceptors (Lipinski definition) is 2. The molecule has 4 rings (SSSR count). The van der Waals surface area contributed by atoms with E-state index in [2.05, 4.69) is 98.5 Å². The fourth-order valence-corrected chi connectivity index (χ4v) is 11.2. The second-order valence-corrected chi connectivity index (χ2v) is 14.5. The number of fused-ring (bicyclic) bond motifs is 2. The minimum absolute atomic E-state index is 0.125. The summed E-state index contributed by atoms with van der Waals surface area (Å²) in [6, 6.07) is 27.1. The molecule has 0 radical (unpaired) electrons. The molecule has 0 saturated heterocycles. The Morgan fingerprint density at radius 2 is 1.25 bits per heavy atom. The van der Waals surface area contributed by atoms with Gasteiger partial charge in [0.25, 0.3) is 0 Å². The van der Waals surface area contributed by atoms with Gasteiger partial charge in [0.2, 0.25) is 0 Å². The topological polar surface area (TPSA) is 12.5 Å². The van der Waals surface area contributed by atoms with Crippen molar-refractivity contribution in [2.75, 3.05) is 7.11 Å². The first kappa shape index (κ1) is 19.6. The van der Waals surface area contributed by atoms with Crippen molar-refractivity contribution < 1.29 is 4.74 Å². The molecule has 0 aliphatic carbocycles. The second kappa shape index (κ2) is 7.93. The number of rotatable bonds is 2. The Bertz CT molecular complexity index is 909. The van der Waals surface area contributed by atoms with Crippen molar-refractivity contribution in [3.8, 4) is 5.75 Å². The zero-order valence-electron chi connectivity index (χ0n) is 17.1. The Kier molecular flexibility index (Phi) is 5.54. The van der Waals surface area contributed by atoms with Crippen LogP contribution in [0.2, 0.25) is 0 Å². The van der Waals surface area contributed by atoms with Crippen molar-refractivity contribution in [2.24, 2.45) is 0 Å². The number of methoxy groups -OCH3 is 1. The third-order valence-electron chi connectivity index (χ3n) is 5.47. The second-order valence-electron chi connectivity index (χ2n) is 8.32. The van der Waals surface area contributed by atoms with Crippen molar-refractivity contribution >= 4 is 30.7 Å². The van der Waals surface area contributed by atoms with E-state index in [0.717, 1.165) is 18.8 Å². The monoisotopic (exact) mass is 479 g/mol. The molecule has 2 nitrogen and oxygen atoms in total. The van der Waals surface area contributed by atoms with Crippen LogP contribution >= 0.6 is 0 Å². The minimum atomic E-state index is -2.12. The van der Waals surface area contributed by atoms with Gasteiger partial charge in [-0.05, 0) is 0 Å². The van der Waals surface area contributed by atoms with Crippen LogP contribution in [0, 0.1) is 0 Å². The average Bonchev–Trinajstić information content (AvgIpc) is 2.68. The van der Waals surface area contributed by atoms with Crippen molar-refractivity contribution in [3.63, 3.8) is 0 Å². The fraction of sp³-hybridized carbons (Fsp3) is 0.280. The molecule has 144 valence electrons. The van der Waals surface area contributed by atoms with E-state index in [4.69, 9.17) is 4.74 Å². The molecule has 0 fully saturated rings. The van der Waals surface area contributed by atoms with Crippen molar-refractivity contribution in [1.29, 1.82) is 0 Å². The van der Waals surface area contributed by atoms with Crippen LogP contribution in [0.25, 0.3) is 0 Å². The van der Waals surface area contributed by atoms with E-state index in [1.54, 1.807) is 14.1 Å². The Balaban J connectivity index is 1.92. The summed E-state index contributed by atoms with van der Waals surface area (Å²) in [5.41, 5.74) is 3.11. The van der Waals surface area contributed by atoms with Crippen LogP contribution in [0.3, 0.4) is 0 Å². The molecule has 0 saturated carbocycles. The van der Waals surface area contributed by atoms with E-state index in [1.165, 1.54) is 14.6 Å². The Labute approximate surface area is 176 Å². The predicted octanol–water partition coefficient (Wildman–Crippen LogP) is 3.33. The first-order valence-corrected chi connectivity index (χ1v) is 13.7. The fourth-order valence-electron chi connectivity index (χ4n) is 3.81. The van der Waals surface area contributed by atoms with Gasteiger partial charge in [-0.15, -0.1) is 0 Å². The summed E-state index contributed by atoms with van der Waals surface area (Å²) in [6.45, 7) is 8.97. The van der Waals surface area contributed by atoms with Crippen LogP contribution < -0.4 is 15.3 Å². The van der Waals surface area contributed by atoms with Crippen LogP contribution in [-0.4, -0.2) is 37.8 Å². The Morgan fingerprint density at radius 1 is 0.750 bits per heavy atom. The Hall–Kier alpha value is -1.76. The summed E-state index contributed by atoms with van der Waals surface area (Å²) in [5.74, 6) is 0.928. The first-order valence-electron chi connectivity index (χ1n) is 9.82. The van der Waals surface area contributed by atoms with Crippen molar-refractivity contribution in [1.82, 2.24) is 4.90 Å². The van der Waals surface area contributed by atoms with Gasteiger partial charge in [0, 0.05) is 0 Å². The van der Waals surface area contributed by atoms with Gasteiger partial charge in [0.05, 0.1) is 0 Å². The first-order chi connectivity index (χ1) is 13.5. The number of ether oxygens (including phenoxy) is 1. The Morgan fingerprint density at radius 3 is 1.71 bits per heavy atom. The van der Waals surface area contributed by atoms with Crippen LogP contribution in [0.1, 0.15) is 31.9 Å². The number of nitrogens with zero attached hydrogens (tertiary/aromatic N) is 1. The molecular formula is C25H28NOSb. The molecule has 1 heterocycles. The van der Waals surface area contributed by atoms with Gasteiger partial charge in [-0.3, -0.25) is 0 Å². The number of benzene rings is 3. The van der Waals surface area contributed by atoms with Gasteiger partial charge in [0.1, 0.15) is 0 Å². The molecule has 0 aromatic heterocycles. The van der Waals surface area contributed by atoms with Gasteiger partial charge in [-0.1, -0.05) is 0 Å². The van der Waals surface area contributed by atoms with Gasteiger partial charge in [0.15, 0.2) is 0 Å². The summed E-state index contributed by atoms with van der Waals surface area (Å²) in [5, 5.41) is 0. The third kappa shape index (κ3) is 3.86. The molecule has 0 spiro atoms. The van der Waals surface area contributed by atoms with E-state index >= 15 is 0 Å². The van der Waals surface area contributed by atoms with Crippen molar-refractivity contribution in [2.45, 2.75) is 39.4 Å². The molecule has 0 unspecified atom stereocenters. The average molecular weight is 480 g/mol. The van der Waals surface area contributed by atoms with Crippen LogP contribution in [0.4, 0.5) is 0 Å². The van der Waals surface area contributed by atoms with E-state index in [9.17, 15) is 0 Å². The summed E-state index contributed by atoms with van der Waals surface area (Å²) in [7, 11) is 1.73. The third-order valence-corrected chi connectivity index (χ3v) is 13.0. The zero-order valence-corrected chi connectivity index (χ0v) is 19.7. The van der Waals surface area contributed by atoms with Crippen molar-refractivity contribution in [3.05, 3.63) is 83.9 Å². The summed E-state index contributed by atoms with van der Waals surface area (Å²) < 4.78 is 10.1. The molecule has 0 atom stereocenters. The summed E-state index contributed by atoms with van der Waals surface area (Å²) in [6.07, 6.45) is 0. The SMILES string of the molecule is COc1cc[c]([Sb]2[c]3ccccc3CN(C(C)(C)C)Cc3cccc[c]32)cc1. The van der Waals surface area contributed by atoms with Gasteiger partial charge in [-0.2, -0.15) is 0 Å². The zero-order chi connectivity index (χ0) is 19.7. The molecule has 1 aliphatic rings. The maximum absolute atomic E-state index is 5.41. The summed E-state index contributed by atoms with van der Waals surface area (Å²) in [4.78, 5) is 2.61. The number of hydrogen-bond donors (Lipinski definition) is 0. The molecule has 0 bridgehead atoms. The van der Waals surface area contributed by atoms with Gasteiger partial charge >= 0.3 is 177 Å². The predicted molar refractivity (Wildman–Crippen MR) is 120 cm³/mol. The molecule has 0 amide bonds. The molecule has 0 N–H and O–H groups in total. The molecule has 3 aromatic rings. The van der Waals surface area contributed by atoms with Crippen LogP contribution in [-0.2, 0) is 13.1 Å². The van der Waals surface area contributed by atoms with Crippen LogP contribution in [0.5, 0.6) is 5.75 Å². The standard InChI is InChI=1S/C18H21N.C7H7O.Sb/c1-18(2,3)19(14-16-10-6-4-7-11-16)15-17-12-8-5-9-13-17;1-8-7-5-3-2-4-6-7;/h4-10,12H,14-15H2,1-3H3;3-6H,1H3;. The van der Waals surface area contributed by atoms with E-state index in [1.807, 2.05) is 0 Å². The van der Waals surface area contributed by atoms with E-state index < -0.39 is 20.2 Å². The van der Waals surface area contributed by atoms with E-state index in [-0.39, 0.29) is 5.54 Å². The van der Waals surface area contributed by atoms with Crippen LogP contribution in [0.15, 0.2) is 72.8 Å².